The molecule has 1 atom stereocenters. The maximum atomic E-state index is 2.93. The molecule has 0 N–H and O–H groups in total. The van der Waals surface area contributed by atoms with Crippen LogP contribution in [0.15, 0.2) is 0 Å². The Morgan fingerprint density at radius 2 is 1.31 bits per heavy atom. The third-order valence-corrected chi connectivity index (χ3v) is 2.71. The van der Waals surface area contributed by atoms with Crippen LogP contribution in [0.25, 0.3) is 0 Å². The SMILES string of the molecule is CCCCCCCCCC(C)(C)P. The highest BCUT2D eigenvalue weighted by Crippen LogP contribution is 2.24. The normalized spacial score (nSPS) is 12.0. The van der Waals surface area contributed by atoms with Gasteiger partial charge in [-0.25, -0.2) is 0 Å². The van der Waals surface area contributed by atoms with Crippen LogP contribution < -0.4 is 0 Å². The summed E-state index contributed by atoms with van der Waals surface area (Å²) in [6.45, 7) is 6.88. The van der Waals surface area contributed by atoms with Crippen LogP contribution in [0.5, 0.6) is 0 Å². The van der Waals surface area contributed by atoms with Crippen LogP contribution >= 0.6 is 9.24 Å². The van der Waals surface area contributed by atoms with Gasteiger partial charge in [0.1, 0.15) is 0 Å². The average Bonchev–Trinajstić information content (AvgIpc) is 2.01. The summed E-state index contributed by atoms with van der Waals surface area (Å²) in [5.41, 5.74) is 0. The minimum absolute atomic E-state index is 0.462. The van der Waals surface area contributed by atoms with Crippen molar-refractivity contribution in [3.05, 3.63) is 0 Å². The molecule has 1 unspecified atom stereocenters. The zero-order chi connectivity index (χ0) is 10.2. The van der Waals surface area contributed by atoms with Crippen LogP contribution in [0.4, 0.5) is 0 Å². The predicted octanol–water partition coefficient (Wildman–Crippen LogP) is 4.78. The van der Waals surface area contributed by atoms with Crippen LogP contribution in [0, 0.1) is 0 Å². The second-order valence-electron chi connectivity index (χ2n) is 4.86. The summed E-state index contributed by atoms with van der Waals surface area (Å²) in [5, 5.41) is 0.462. The van der Waals surface area contributed by atoms with E-state index in [4.69, 9.17) is 0 Å². The van der Waals surface area contributed by atoms with Gasteiger partial charge in [-0.3, -0.25) is 0 Å². The molecule has 0 amide bonds. The van der Waals surface area contributed by atoms with Gasteiger partial charge in [0.2, 0.25) is 0 Å². The highest BCUT2D eigenvalue weighted by molar-refractivity contribution is 7.18. The van der Waals surface area contributed by atoms with Crippen LogP contribution in [0.1, 0.15) is 72.1 Å². The molecule has 0 aliphatic heterocycles. The Kier molecular flexibility index (Phi) is 8.06. The summed E-state index contributed by atoms with van der Waals surface area (Å²) in [4.78, 5) is 0. The maximum absolute atomic E-state index is 2.93. The summed E-state index contributed by atoms with van der Waals surface area (Å²) in [5.74, 6) is 0. The molecule has 0 aliphatic rings. The lowest BCUT2D eigenvalue weighted by molar-refractivity contribution is 0.536. The first-order valence-electron chi connectivity index (χ1n) is 5.85. The Balaban J connectivity index is 3.00. The fourth-order valence-corrected chi connectivity index (χ4v) is 1.74. The highest BCUT2D eigenvalue weighted by Gasteiger charge is 2.08. The summed E-state index contributed by atoms with van der Waals surface area (Å²) >= 11 is 0. The van der Waals surface area contributed by atoms with Crippen molar-refractivity contribution in [3.8, 4) is 0 Å². The minimum Gasteiger partial charge on any atom is -0.132 e. The van der Waals surface area contributed by atoms with E-state index < -0.39 is 0 Å². The summed E-state index contributed by atoms with van der Waals surface area (Å²) in [6, 6.07) is 0. The third kappa shape index (κ3) is 12.4. The zero-order valence-corrected chi connectivity index (χ0v) is 10.9. The molecule has 0 bridgehead atoms. The van der Waals surface area contributed by atoms with Gasteiger partial charge in [0.15, 0.2) is 0 Å². The van der Waals surface area contributed by atoms with Crippen molar-refractivity contribution in [2.45, 2.75) is 77.3 Å². The standard InChI is InChI=1S/C12H27P/c1-4-5-6-7-8-9-10-11-12(2,3)13/h4-11,13H2,1-3H3. The van der Waals surface area contributed by atoms with E-state index in [1.165, 1.54) is 51.4 Å². The van der Waals surface area contributed by atoms with E-state index in [0.29, 0.717) is 5.16 Å². The van der Waals surface area contributed by atoms with Gasteiger partial charge in [-0.1, -0.05) is 65.7 Å². The molecule has 0 nitrogen and oxygen atoms in total. The summed E-state index contributed by atoms with van der Waals surface area (Å²) in [6.07, 6.45) is 11.3. The molecule has 1 heteroatoms. The Morgan fingerprint density at radius 1 is 0.846 bits per heavy atom. The molecule has 0 saturated carbocycles. The summed E-state index contributed by atoms with van der Waals surface area (Å²) < 4.78 is 0. The molecule has 80 valence electrons. The molecule has 0 radical (unpaired) electrons. The van der Waals surface area contributed by atoms with Crippen molar-refractivity contribution >= 4 is 9.24 Å². The molecule has 0 rings (SSSR count). The van der Waals surface area contributed by atoms with Gasteiger partial charge < -0.3 is 0 Å². The molecule has 0 aliphatic carbocycles. The number of hydrogen-bond acceptors (Lipinski definition) is 0. The average molecular weight is 202 g/mol. The lowest BCUT2D eigenvalue weighted by Gasteiger charge is -2.17. The molecule has 0 spiro atoms. The lowest BCUT2D eigenvalue weighted by Crippen LogP contribution is -2.07. The zero-order valence-electron chi connectivity index (χ0n) is 9.73. The Morgan fingerprint density at radius 3 is 1.77 bits per heavy atom. The first-order valence-corrected chi connectivity index (χ1v) is 6.43. The largest absolute Gasteiger partial charge is 0.132 e. The van der Waals surface area contributed by atoms with E-state index in [0.717, 1.165) is 0 Å². The van der Waals surface area contributed by atoms with Crippen LogP contribution in [0.3, 0.4) is 0 Å². The van der Waals surface area contributed by atoms with Gasteiger partial charge >= 0.3 is 0 Å². The van der Waals surface area contributed by atoms with Crippen LogP contribution in [-0.4, -0.2) is 5.16 Å². The predicted molar refractivity (Wildman–Crippen MR) is 66.4 cm³/mol. The smallest absolute Gasteiger partial charge is 0.0207 e. The number of rotatable bonds is 8. The van der Waals surface area contributed by atoms with Crippen LogP contribution in [0.2, 0.25) is 0 Å². The second kappa shape index (κ2) is 7.80. The monoisotopic (exact) mass is 202 g/mol. The van der Waals surface area contributed by atoms with Gasteiger partial charge in [-0.2, -0.15) is 0 Å². The topological polar surface area (TPSA) is 0 Å². The highest BCUT2D eigenvalue weighted by atomic mass is 31.0. The van der Waals surface area contributed by atoms with Crippen molar-refractivity contribution in [1.82, 2.24) is 0 Å². The minimum atomic E-state index is 0.462. The van der Waals surface area contributed by atoms with Gasteiger partial charge in [0.25, 0.3) is 0 Å². The van der Waals surface area contributed by atoms with Crippen molar-refractivity contribution in [1.29, 1.82) is 0 Å². The molecule has 13 heavy (non-hydrogen) atoms. The molecule has 0 heterocycles. The van der Waals surface area contributed by atoms with E-state index in [-0.39, 0.29) is 0 Å². The van der Waals surface area contributed by atoms with Crippen LogP contribution in [-0.2, 0) is 0 Å². The third-order valence-electron chi connectivity index (χ3n) is 2.42. The lowest BCUT2D eigenvalue weighted by atomic mass is 10.0. The molecular weight excluding hydrogens is 175 g/mol. The van der Waals surface area contributed by atoms with E-state index >= 15 is 0 Å². The fraction of sp³-hybridized carbons (Fsp3) is 1.00. The Bertz CT molecular complexity index is 102. The van der Waals surface area contributed by atoms with Crippen molar-refractivity contribution in [2.24, 2.45) is 0 Å². The fourth-order valence-electron chi connectivity index (χ4n) is 1.54. The Labute approximate surface area is 87.1 Å². The van der Waals surface area contributed by atoms with E-state index in [1.54, 1.807) is 0 Å². The van der Waals surface area contributed by atoms with Gasteiger partial charge in [0.05, 0.1) is 0 Å². The van der Waals surface area contributed by atoms with E-state index in [1.807, 2.05) is 0 Å². The van der Waals surface area contributed by atoms with E-state index in [2.05, 4.69) is 30.0 Å². The number of unbranched alkanes of at least 4 members (excludes halogenated alkanes) is 6. The summed E-state index contributed by atoms with van der Waals surface area (Å²) in [7, 11) is 2.93. The van der Waals surface area contributed by atoms with Gasteiger partial charge in [0, 0.05) is 0 Å². The molecule has 0 fully saturated rings. The molecular formula is C12H27P. The molecule has 0 aromatic heterocycles. The quantitative estimate of drug-likeness (QED) is 0.392. The first kappa shape index (κ1) is 13.4. The maximum Gasteiger partial charge on any atom is -0.0207 e. The van der Waals surface area contributed by atoms with E-state index in [9.17, 15) is 0 Å². The molecule has 0 aromatic rings. The van der Waals surface area contributed by atoms with Gasteiger partial charge in [-0.15, -0.1) is 9.24 Å². The van der Waals surface area contributed by atoms with Crippen molar-refractivity contribution in [3.63, 3.8) is 0 Å². The van der Waals surface area contributed by atoms with Gasteiger partial charge in [-0.05, 0) is 11.6 Å². The first-order chi connectivity index (χ1) is 6.06. The number of hydrogen-bond donors (Lipinski definition) is 0. The van der Waals surface area contributed by atoms with Crippen molar-refractivity contribution in [2.75, 3.05) is 0 Å². The van der Waals surface area contributed by atoms with Crippen molar-refractivity contribution < 1.29 is 0 Å². The molecule has 0 saturated heterocycles. The Hall–Kier alpha value is 0.430. The second-order valence-corrected chi connectivity index (χ2v) is 6.42. The molecule has 0 aromatic carbocycles.